The molecular formula is C27H26N4O6S. The number of sulfone groups is 1. The molecule has 196 valence electrons. The molecule has 1 amide bonds. The van der Waals surface area contributed by atoms with Gasteiger partial charge in [0.15, 0.2) is 15.7 Å². The first kappa shape index (κ1) is 25.4. The molecule has 4 aromatic rings. The number of aromatic amines is 1. The molecule has 11 heteroatoms. The number of hydrogen-bond donors (Lipinski definition) is 1. The summed E-state index contributed by atoms with van der Waals surface area (Å²) < 4.78 is 35.6. The van der Waals surface area contributed by atoms with Crippen LogP contribution in [-0.4, -0.2) is 59.1 Å². The average Bonchev–Trinajstić information content (AvgIpc) is 3.47. The number of amides is 1. The molecule has 1 aliphatic rings. The lowest BCUT2D eigenvalue weighted by Crippen LogP contribution is -2.33. The van der Waals surface area contributed by atoms with Gasteiger partial charge in [0, 0.05) is 50.9 Å². The molecule has 2 unspecified atom stereocenters. The van der Waals surface area contributed by atoms with Gasteiger partial charge in [-0.15, -0.1) is 0 Å². The van der Waals surface area contributed by atoms with E-state index in [0.29, 0.717) is 52.6 Å². The second kappa shape index (κ2) is 9.90. The number of rotatable bonds is 6. The molecule has 1 fully saturated rings. The number of H-pyrrole nitrogens is 1. The predicted octanol–water partition coefficient (Wildman–Crippen LogP) is 4.05. The van der Waals surface area contributed by atoms with E-state index in [4.69, 9.17) is 9.47 Å². The van der Waals surface area contributed by atoms with Crippen molar-refractivity contribution in [2.45, 2.75) is 37.3 Å². The number of carbonyl (C=O) groups is 2. The average molecular weight is 535 g/mol. The largest absolute Gasteiger partial charge is 0.460 e. The molecule has 0 saturated carbocycles. The Balaban J connectivity index is 1.64. The van der Waals surface area contributed by atoms with Crippen molar-refractivity contribution in [2.24, 2.45) is 0 Å². The van der Waals surface area contributed by atoms with E-state index < -0.39 is 28.0 Å². The van der Waals surface area contributed by atoms with Gasteiger partial charge in [-0.2, -0.15) is 0 Å². The van der Waals surface area contributed by atoms with Crippen molar-refractivity contribution in [1.82, 2.24) is 19.9 Å². The minimum atomic E-state index is -3.37. The summed E-state index contributed by atoms with van der Waals surface area (Å²) in [6, 6.07) is 14.6. The van der Waals surface area contributed by atoms with Gasteiger partial charge in [0.2, 0.25) is 5.91 Å². The van der Waals surface area contributed by atoms with E-state index in [-0.39, 0.29) is 10.8 Å². The number of likely N-dealkylation sites (tertiary alicyclic amines) is 1. The maximum atomic E-state index is 12.6. The zero-order chi connectivity index (χ0) is 27.0. The van der Waals surface area contributed by atoms with Gasteiger partial charge in [-0.25, -0.2) is 13.4 Å². The van der Waals surface area contributed by atoms with Crippen LogP contribution in [0.25, 0.3) is 22.6 Å². The molecule has 3 heterocycles. The van der Waals surface area contributed by atoms with Gasteiger partial charge < -0.3 is 19.4 Å². The quantitative estimate of drug-likeness (QED) is 0.367. The molecular weight excluding hydrogens is 508 g/mol. The molecule has 2 atom stereocenters. The Hall–Kier alpha value is -4.25. The molecule has 5 rings (SSSR count). The minimum Gasteiger partial charge on any atom is -0.460 e. The summed E-state index contributed by atoms with van der Waals surface area (Å²) in [5, 5.41) is 0. The van der Waals surface area contributed by atoms with Crippen LogP contribution in [0.4, 0.5) is 0 Å². The van der Waals surface area contributed by atoms with Crippen LogP contribution in [0.1, 0.15) is 31.9 Å². The van der Waals surface area contributed by atoms with E-state index >= 15 is 0 Å². The highest BCUT2D eigenvalue weighted by molar-refractivity contribution is 7.90. The summed E-state index contributed by atoms with van der Waals surface area (Å²) in [5.74, 6) is 0.762. The molecule has 2 aromatic carbocycles. The predicted molar refractivity (Wildman–Crippen MR) is 139 cm³/mol. The lowest BCUT2D eigenvalue weighted by atomic mass is 10.00. The number of fused-ring (bicyclic) bond motifs is 1. The molecule has 0 spiro atoms. The molecule has 1 aliphatic heterocycles. The van der Waals surface area contributed by atoms with Crippen molar-refractivity contribution < 1.29 is 27.5 Å². The molecule has 10 nitrogen and oxygen atoms in total. The monoisotopic (exact) mass is 534 g/mol. The van der Waals surface area contributed by atoms with Crippen LogP contribution >= 0.6 is 0 Å². The van der Waals surface area contributed by atoms with Crippen molar-refractivity contribution in [3.63, 3.8) is 0 Å². The third kappa shape index (κ3) is 5.10. The van der Waals surface area contributed by atoms with Gasteiger partial charge in [0.1, 0.15) is 23.3 Å². The number of nitrogens with zero attached hydrogens (tertiary/aromatic N) is 3. The smallest absolute Gasteiger partial charge is 0.302 e. The van der Waals surface area contributed by atoms with Crippen LogP contribution in [0.15, 0.2) is 65.7 Å². The van der Waals surface area contributed by atoms with Gasteiger partial charge in [0.25, 0.3) is 0 Å². The van der Waals surface area contributed by atoms with Crippen molar-refractivity contribution in [1.29, 1.82) is 0 Å². The molecule has 0 bridgehead atoms. The second-order valence-corrected chi connectivity index (χ2v) is 11.2. The van der Waals surface area contributed by atoms with Crippen molar-refractivity contribution in [2.75, 3.05) is 12.8 Å². The van der Waals surface area contributed by atoms with Crippen molar-refractivity contribution in [3.8, 4) is 23.0 Å². The molecule has 2 aromatic heterocycles. The Morgan fingerprint density at radius 3 is 2.47 bits per heavy atom. The number of hydrogen-bond acceptors (Lipinski definition) is 8. The molecule has 0 aliphatic carbocycles. The fraction of sp³-hybridized carbons (Fsp3) is 0.259. The molecule has 0 radical (unpaired) electrons. The van der Waals surface area contributed by atoms with E-state index in [9.17, 15) is 18.0 Å². The summed E-state index contributed by atoms with van der Waals surface area (Å²) >= 11 is 0. The van der Waals surface area contributed by atoms with Gasteiger partial charge >= 0.3 is 5.97 Å². The summed E-state index contributed by atoms with van der Waals surface area (Å²) in [4.78, 5) is 38.6. The summed E-state index contributed by atoms with van der Waals surface area (Å²) in [7, 11) is -3.37. The first-order valence-electron chi connectivity index (χ1n) is 12.0. The zero-order valence-electron chi connectivity index (χ0n) is 21.0. The molecule has 1 N–H and O–H groups in total. The number of pyridine rings is 1. The van der Waals surface area contributed by atoms with Crippen LogP contribution in [0.5, 0.6) is 11.5 Å². The summed E-state index contributed by atoms with van der Waals surface area (Å²) in [5.41, 5.74) is 2.58. The highest BCUT2D eigenvalue weighted by Crippen LogP contribution is 2.42. The van der Waals surface area contributed by atoms with E-state index in [1.807, 2.05) is 24.3 Å². The highest BCUT2D eigenvalue weighted by Gasteiger charge is 2.41. The topological polar surface area (TPSA) is 132 Å². The molecule has 38 heavy (non-hydrogen) atoms. The number of nitrogens with one attached hydrogen (secondary N) is 1. The Kier molecular flexibility index (Phi) is 6.62. The number of imidazole rings is 1. The van der Waals surface area contributed by atoms with Crippen LogP contribution in [-0.2, 0) is 24.2 Å². The van der Waals surface area contributed by atoms with Crippen LogP contribution in [0.2, 0.25) is 0 Å². The third-order valence-electron chi connectivity index (χ3n) is 6.38. The Morgan fingerprint density at radius 2 is 1.84 bits per heavy atom. The maximum absolute atomic E-state index is 12.6. The maximum Gasteiger partial charge on any atom is 0.302 e. The Morgan fingerprint density at radius 1 is 1.08 bits per heavy atom. The number of benzene rings is 2. The lowest BCUT2D eigenvalue weighted by molar-refractivity contribution is -0.149. The fourth-order valence-electron chi connectivity index (χ4n) is 4.70. The number of carbonyl (C=O) groups excluding carboxylic acids is 2. The first-order valence-corrected chi connectivity index (χ1v) is 13.9. The van der Waals surface area contributed by atoms with Gasteiger partial charge in [-0.05, 0) is 42.5 Å². The van der Waals surface area contributed by atoms with Gasteiger partial charge in [0.05, 0.1) is 22.0 Å². The van der Waals surface area contributed by atoms with Gasteiger partial charge in [-0.3, -0.25) is 14.6 Å². The number of esters is 1. The number of ether oxygens (including phenoxy) is 2. The third-order valence-corrected chi connectivity index (χ3v) is 7.51. The zero-order valence-corrected chi connectivity index (χ0v) is 21.9. The minimum absolute atomic E-state index is 0.160. The summed E-state index contributed by atoms with van der Waals surface area (Å²) in [6.45, 7) is 3.23. The van der Waals surface area contributed by atoms with Gasteiger partial charge in [-0.1, -0.05) is 6.07 Å². The van der Waals surface area contributed by atoms with E-state index in [1.165, 1.54) is 26.0 Å². The lowest BCUT2D eigenvalue weighted by Gasteiger charge is -2.29. The van der Waals surface area contributed by atoms with Crippen LogP contribution in [0, 0.1) is 0 Å². The van der Waals surface area contributed by atoms with Crippen molar-refractivity contribution in [3.05, 3.63) is 66.4 Å². The standard InChI is InChI=1S/C27H26N4O6S/c1-16(32)31-13-11-24(36-17(2)33)26(31)20-14-22-23(30-27(29-22)21-6-4-5-12-28-21)15-25(20)37-18-7-9-19(10-8-18)38(3,34)35/h4-10,12,14-15,24,26H,11,13H2,1-3H3,(H,29,30). The van der Waals surface area contributed by atoms with Crippen molar-refractivity contribution >= 4 is 32.7 Å². The summed E-state index contributed by atoms with van der Waals surface area (Å²) in [6.07, 6.45) is 2.72. The Bertz CT molecular complexity index is 1620. The highest BCUT2D eigenvalue weighted by atomic mass is 32.2. The van der Waals surface area contributed by atoms with E-state index in [2.05, 4.69) is 15.0 Å². The van der Waals surface area contributed by atoms with E-state index in [1.54, 1.807) is 29.3 Å². The SMILES string of the molecule is CC(=O)OC1CCN(C(C)=O)C1c1cc2[nH]c(-c3ccccn3)nc2cc1Oc1ccc(S(C)(=O)=O)cc1. The normalized spacial score (nSPS) is 17.5. The Labute approximate surface area is 219 Å². The number of aromatic nitrogens is 3. The van der Waals surface area contributed by atoms with E-state index in [0.717, 1.165) is 6.26 Å². The fourth-order valence-corrected chi connectivity index (χ4v) is 5.33. The second-order valence-electron chi connectivity index (χ2n) is 9.15. The van der Waals surface area contributed by atoms with Crippen LogP contribution < -0.4 is 4.74 Å². The van der Waals surface area contributed by atoms with Crippen LogP contribution in [0.3, 0.4) is 0 Å². The first-order chi connectivity index (χ1) is 18.1. The molecule has 1 saturated heterocycles.